The van der Waals surface area contributed by atoms with E-state index in [0.29, 0.717) is 12.1 Å². The fourth-order valence-corrected chi connectivity index (χ4v) is 2.08. The smallest absolute Gasteiger partial charge is 0.326 e. The SMILES string of the molecule is CCC(C)[C@H](NC(=O)/C=C/c1csc(C)n1)C(=O)O. The fourth-order valence-electron chi connectivity index (χ4n) is 1.50. The molecule has 2 atom stereocenters. The molecule has 0 saturated carbocycles. The zero-order valence-electron chi connectivity index (χ0n) is 11.2. The van der Waals surface area contributed by atoms with Crippen LogP contribution in [0.15, 0.2) is 11.5 Å². The van der Waals surface area contributed by atoms with Crippen LogP contribution in [0.3, 0.4) is 0 Å². The van der Waals surface area contributed by atoms with E-state index in [1.807, 2.05) is 19.2 Å². The van der Waals surface area contributed by atoms with Gasteiger partial charge in [-0.05, 0) is 18.9 Å². The van der Waals surface area contributed by atoms with E-state index in [0.717, 1.165) is 5.01 Å². The summed E-state index contributed by atoms with van der Waals surface area (Å²) >= 11 is 1.50. The molecule has 5 nitrogen and oxygen atoms in total. The highest BCUT2D eigenvalue weighted by molar-refractivity contribution is 7.09. The number of hydrogen-bond acceptors (Lipinski definition) is 4. The summed E-state index contributed by atoms with van der Waals surface area (Å²) in [5.41, 5.74) is 0.702. The maximum atomic E-state index is 11.7. The second-order valence-electron chi connectivity index (χ2n) is 4.33. The first-order valence-corrected chi connectivity index (χ1v) is 6.95. The largest absolute Gasteiger partial charge is 0.480 e. The van der Waals surface area contributed by atoms with Gasteiger partial charge in [0.15, 0.2) is 0 Å². The molecule has 0 fully saturated rings. The first-order valence-electron chi connectivity index (χ1n) is 6.07. The Labute approximate surface area is 116 Å². The van der Waals surface area contributed by atoms with E-state index in [1.54, 1.807) is 13.0 Å². The summed E-state index contributed by atoms with van der Waals surface area (Å²) in [6.07, 6.45) is 3.58. The van der Waals surface area contributed by atoms with Crippen LogP contribution >= 0.6 is 11.3 Å². The van der Waals surface area contributed by atoms with Crippen molar-refractivity contribution in [1.82, 2.24) is 10.3 Å². The molecule has 2 N–H and O–H groups in total. The molecule has 1 aromatic rings. The first-order chi connectivity index (χ1) is 8.93. The van der Waals surface area contributed by atoms with Gasteiger partial charge in [-0.1, -0.05) is 20.3 Å². The number of nitrogens with zero attached hydrogens (tertiary/aromatic N) is 1. The van der Waals surface area contributed by atoms with E-state index in [1.165, 1.54) is 17.4 Å². The highest BCUT2D eigenvalue weighted by atomic mass is 32.1. The first kappa shape index (κ1) is 15.4. The number of aromatic nitrogens is 1. The van der Waals surface area contributed by atoms with Crippen LogP contribution in [-0.4, -0.2) is 28.0 Å². The Morgan fingerprint density at radius 2 is 2.26 bits per heavy atom. The summed E-state index contributed by atoms with van der Waals surface area (Å²) in [5.74, 6) is -1.55. The van der Waals surface area contributed by atoms with Crippen molar-refractivity contribution in [2.45, 2.75) is 33.2 Å². The number of rotatable bonds is 6. The molecule has 0 aliphatic carbocycles. The third-order valence-electron chi connectivity index (χ3n) is 2.82. The zero-order chi connectivity index (χ0) is 14.4. The number of aliphatic carboxylic acids is 1. The lowest BCUT2D eigenvalue weighted by atomic mass is 9.99. The summed E-state index contributed by atoms with van der Waals surface area (Å²) in [7, 11) is 0. The summed E-state index contributed by atoms with van der Waals surface area (Å²) in [6.45, 7) is 5.57. The van der Waals surface area contributed by atoms with Crippen LogP contribution in [0.4, 0.5) is 0 Å². The lowest BCUT2D eigenvalue weighted by Crippen LogP contribution is -2.44. The van der Waals surface area contributed by atoms with Gasteiger partial charge in [0, 0.05) is 11.5 Å². The van der Waals surface area contributed by atoms with Crippen molar-refractivity contribution in [3.63, 3.8) is 0 Å². The molecule has 0 bridgehead atoms. The van der Waals surface area contributed by atoms with Gasteiger partial charge in [-0.25, -0.2) is 9.78 Å². The number of amides is 1. The molecule has 0 aliphatic heterocycles. The molecule has 0 aliphatic rings. The van der Waals surface area contributed by atoms with E-state index in [9.17, 15) is 9.59 Å². The molecule has 1 amide bonds. The number of carbonyl (C=O) groups is 2. The third-order valence-corrected chi connectivity index (χ3v) is 3.61. The highest BCUT2D eigenvalue weighted by Gasteiger charge is 2.24. The van der Waals surface area contributed by atoms with Crippen LogP contribution in [0, 0.1) is 12.8 Å². The number of carbonyl (C=O) groups excluding carboxylic acids is 1. The van der Waals surface area contributed by atoms with Gasteiger partial charge in [-0.3, -0.25) is 4.79 Å². The molecule has 1 heterocycles. The second kappa shape index (κ2) is 7.04. The second-order valence-corrected chi connectivity index (χ2v) is 5.40. The van der Waals surface area contributed by atoms with Crippen molar-refractivity contribution >= 4 is 29.3 Å². The van der Waals surface area contributed by atoms with Gasteiger partial charge < -0.3 is 10.4 Å². The Morgan fingerprint density at radius 3 is 2.74 bits per heavy atom. The van der Waals surface area contributed by atoms with Gasteiger partial charge in [-0.2, -0.15) is 0 Å². The molecule has 19 heavy (non-hydrogen) atoms. The van der Waals surface area contributed by atoms with Gasteiger partial charge in [0.05, 0.1) is 10.7 Å². The number of thiazole rings is 1. The van der Waals surface area contributed by atoms with Crippen molar-refractivity contribution in [2.24, 2.45) is 5.92 Å². The molecule has 6 heteroatoms. The van der Waals surface area contributed by atoms with Crippen LogP contribution in [0.1, 0.15) is 31.0 Å². The minimum atomic E-state index is -1.01. The summed E-state index contributed by atoms with van der Waals surface area (Å²) in [6, 6.07) is -0.862. The Balaban J connectivity index is 2.62. The maximum Gasteiger partial charge on any atom is 0.326 e. The maximum absolute atomic E-state index is 11.7. The quantitative estimate of drug-likeness (QED) is 0.783. The molecule has 1 unspecified atom stereocenters. The van der Waals surface area contributed by atoms with Crippen molar-refractivity contribution in [3.05, 3.63) is 22.2 Å². The minimum absolute atomic E-state index is 0.114. The van der Waals surface area contributed by atoms with Gasteiger partial charge >= 0.3 is 5.97 Å². The lowest BCUT2D eigenvalue weighted by molar-refractivity contribution is -0.142. The van der Waals surface area contributed by atoms with Gasteiger partial charge in [0.1, 0.15) is 6.04 Å². The lowest BCUT2D eigenvalue weighted by Gasteiger charge is -2.19. The van der Waals surface area contributed by atoms with Crippen LogP contribution in [-0.2, 0) is 9.59 Å². The van der Waals surface area contributed by atoms with E-state index >= 15 is 0 Å². The third kappa shape index (κ3) is 4.82. The molecule has 0 radical (unpaired) electrons. The molecule has 0 aromatic carbocycles. The Hall–Kier alpha value is -1.69. The van der Waals surface area contributed by atoms with E-state index < -0.39 is 17.9 Å². The molecular weight excluding hydrogens is 264 g/mol. The van der Waals surface area contributed by atoms with E-state index in [-0.39, 0.29) is 5.92 Å². The monoisotopic (exact) mass is 282 g/mol. The highest BCUT2D eigenvalue weighted by Crippen LogP contribution is 2.10. The van der Waals surface area contributed by atoms with Crippen molar-refractivity contribution in [1.29, 1.82) is 0 Å². The van der Waals surface area contributed by atoms with Crippen LogP contribution < -0.4 is 5.32 Å². The Morgan fingerprint density at radius 1 is 1.58 bits per heavy atom. The topological polar surface area (TPSA) is 79.3 Å². The standard InChI is InChI=1S/C13H18N2O3S/c1-4-8(2)12(13(17)18)15-11(16)6-5-10-7-19-9(3)14-10/h5-8,12H,4H2,1-3H3,(H,15,16)(H,17,18)/b6-5+/t8?,12-/m0/s1. The minimum Gasteiger partial charge on any atom is -0.480 e. The number of aryl methyl sites for hydroxylation is 1. The molecule has 0 saturated heterocycles. The summed E-state index contributed by atoms with van der Waals surface area (Å²) in [5, 5.41) is 14.3. The Bertz CT molecular complexity index is 482. The zero-order valence-corrected chi connectivity index (χ0v) is 12.0. The van der Waals surface area contributed by atoms with Crippen LogP contribution in [0.5, 0.6) is 0 Å². The van der Waals surface area contributed by atoms with Crippen molar-refractivity contribution < 1.29 is 14.7 Å². The normalized spacial score (nSPS) is 14.3. The van der Waals surface area contributed by atoms with E-state index in [2.05, 4.69) is 10.3 Å². The summed E-state index contributed by atoms with van der Waals surface area (Å²) in [4.78, 5) is 26.9. The van der Waals surface area contributed by atoms with Crippen molar-refractivity contribution in [2.75, 3.05) is 0 Å². The van der Waals surface area contributed by atoms with Gasteiger partial charge in [-0.15, -0.1) is 11.3 Å². The molecule has 0 spiro atoms. The predicted octanol–water partition coefficient (Wildman–Crippen LogP) is 2.08. The van der Waals surface area contributed by atoms with Crippen LogP contribution in [0.2, 0.25) is 0 Å². The average Bonchev–Trinajstić information content (AvgIpc) is 2.78. The Kier molecular flexibility index (Phi) is 5.69. The van der Waals surface area contributed by atoms with Gasteiger partial charge in [0.25, 0.3) is 0 Å². The molecule has 104 valence electrons. The molecular formula is C13H18N2O3S. The average molecular weight is 282 g/mol. The van der Waals surface area contributed by atoms with E-state index in [4.69, 9.17) is 5.11 Å². The number of carboxylic acid groups (broad SMARTS) is 1. The predicted molar refractivity (Wildman–Crippen MR) is 74.9 cm³/mol. The number of hydrogen-bond donors (Lipinski definition) is 2. The summed E-state index contributed by atoms with van der Waals surface area (Å²) < 4.78 is 0. The fraction of sp³-hybridized carbons (Fsp3) is 0.462. The number of nitrogens with one attached hydrogen (secondary N) is 1. The molecule has 1 rings (SSSR count). The number of carboxylic acids is 1. The van der Waals surface area contributed by atoms with Gasteiger partial charge in [0.2, 0.25) is 5.91 Å². The van der Waals surface area contributed by atoms with Crippen LogP contribution in [0.25, 0.3) is 6.08 Å². The van der Waals surface area contributed by atoms with Crippen molar-refractivity contribution in [3.8, 4) is 0 Å². The molecule has 1 aromatic heterocycles.